The Bertz CT molecular complexity index is 2250. The Morgan fingerprint density at radius 1 is 0.321 bits per heavy atom. The monoisotopic (exact) mass is 1590 g/mol. The van der Waals surface area contributed by atoms with Gasteiger partial charge in [-0.05, 0) is 70.6 Å². The van der Waals surface area contributed by atoms with Crippen LogP contribution in [0.4, 0.5) is 0 Å². The molecule has 0 aromatic heterocycles. The second kappa shape index (κ2) is 72.5. The molecule has 0 aromatic rings. The molecule has 12 N–H and O–H groups in total. The van der Waals surface area contributed by atoms with Crippen LogP contribution in [0.15, 0.2) is 60.8 Å². The zero-order valence-corrected chi connectivity index (χ0v) is 70.9. The summed E-state index contributed by atoms with van der Waals surface area (Å²) in [6.45, 7) is 1.77. The molecule has 17 atom stereocenters. The van der Waals surface area contributed by atoms with Crippen molar-refractivity contribution in [2.24, 2.45) is 0 Å². The van der Waals surface area contributed by atoms with Gasteiger partial charge in [-0.2, -0.15) is 0 Å². The lowest BCUT2D eigenvalue weighted by Gasteiger charge is -2.48. The van der Waals surface area contributed by atoms with E-state index in [1.54, 1.807) is 6.08 Å². The fourth-order valence-electron chi connectivity index (χ4n) is 15.6. The molecule has 0 spiro atoms. The van der Waals surface area contributed by atoms with E-state index in [1.807, 2.05) is 6.08 Å². The highest BCUT2D eigenvalue weighted by molar-refractivity contribution is 5.76. The number of carbonyl (C=O) groups is 1. The van der Waals surface area contributed by atoms with E-state index in [-0.39, 0.29) is 18.9 Å². The molecule has 19 nitrogen and oxygen atoms in total. The number of aliphatic hydroxyl groups is 11. The third-order valence-corrected chi connectivity index (χ3v) is 23.0. The molecule has 0 saturated carbocycles. The van der Waals surface area contributed by atoms with E-state index in [4.69, 9.17) is 28.4 Å². The average molecular weight is 1590 g/mol. The first kappa shape index (κ1) is 104. The van der Waals surface area contributed by atoms with Crippen molar-refractivity contribution < 1.29 is 89.4 Å². The summed E-state index contributed by atoms with van der Waals surface area (Å²) in [6, 6.07) is -0.992. The molecule has 3 heterocycles. The van der Waals surface area contributed by atoms with Crippen LogP contribution in [0, 0.1) is 0 Å². The first-order valence-electron chi connectivity index (χ1n) is 46.5. The second-order valence-electron chi connectivity index (χ2n) is 33.1. The first-order chi connectivity index (χ1) is 54.8. The maximum atomic E-state index is 13.5. The van der Waals surface area contributed by atoms with Gasteiger partial charge in [-0.15, -0.1) is 0 Å². The Morgan fingerprint density at radius 3 is 0.955 bits per heavy atom. The van der Waals surface area contributed by atoms with Gasteiger partial charge >= 0.3 is 0 Å². The number of unbranched alkanes of at least 4 members (excludes halogenated alkanes) is 52. The van der Waals surface area contributed by atoms with E-state index in [0.29, 0.717) is 12.8 Å². The number of hydrogen-bond acceptors (Lipinski definition) is 18. The molecule has 3 saturated heterocycles. The van der Waals surface area contributed by atoms with Crippen LogP contribution in [0.2, 0.25) is 0 Å². The van der Waals surface area contributed by atoms with Crippen molar-refractivity contribution >= 4 is 5.91 Å². The average Bonchev–Trinajstić information content (AvgIpc) is 0.781. The summed E-state index contributed by atoms with van der Waals surface area (Å²) in [4.78, 5) is 13.5. The van der Waals surface area contributed by atoms with E-state index >= 15 is 0 Å². The Kier molecular flexibility index (Phi) is 67.1. The molecule has 1 amide bonds. The molecule has 3 fully saturated rings. The molecule has 656 valence electrons. The molecule has 17 unspecified atom stereocenters. The number of allylic oxidation sites excluding steroid dienone is 9. The number of nitrogens with one attached hydrogen (secondary N) is 1. The van der Waals surface area contributed by atoms with Gasteiger partial charge in [-0.25, -0.2) is 0 Å². The molecule has 0 aromatic carbocycles. The molecule has 3 rings (SSSR count). The Labute approximate surface area is 681 Å². The van der Waals surface area contributed by atoms with Gasteiger partial charge < -0.3 is 89.9 Å². The lowest BCUT2D eigenvalue weighted by atomic mass is 9.96. The molecular weight excluding hydrogens is 1420 g/mol. The van der Waals surface area contributed by atoms with Crippen LogP contribution in [0.1, 0.15) is 393 Å². The summed E-state index contributed by atoms with van der Waals surface area (Å²) in [5.74, 6) is -0.278. The lowest BCUT2D eigenvalue weighted by molar-refractivity contribution is -0.379. The van der Waals surface area contributed by atoms with Crippen LogP contribution in [0.25, 0.3) is 0 Å². The molecule has 112 heavy (non-hydrogen) atoms. The van der Waals surface area contributed by atoms with E-state index < -0.39 is 124 Å². The predicted molar refractivity (Wildman–Crippen MR) is 452 cm³/mol. The molecule has 0 radical (unpaired) electrons. The third-order valence-electron chi connectivity index (χ3n) is 23.0. The van der Waals surface area contributed by atoms with Gasteiger partial charge in [0.25, 0.3) is 0 Å². The molecule has 19 heteroatoms. The first-order valence-corrected chi connectivity index (χ1v) is 46.5. The summed E-state index contributed by atoms with van der Waals surface area (Å²) < 4.78 is 34.5. The minimum atomic E-state index is -1.98. The Balaban J connectivity index is 1.30. The predicted octanol–water partition coefficient (Wildman–Crippen LogP) is 18.1. The van der Waals surface area contributed by atoms with Gasteiger partial charge in [-0.3, -0.25) is 4.79 Å². The number of amides is 1. The standard InChI is InChI=1S/C93H171NO18/c1-3-5-7-9-11-13-15-17-19-21-23-25-27-29-31-32-33-34-35-36-37-38-39-40-41-42-43-44-45-47-49-51-53-55-57-59-61-63-65-67-69-71-81(99)94-76(77(98)70-68-66-64-62-60-58-56-54-52-50-48-46-30-28-26-24-22-20-18-16-14-12-10-8-6-4-2)75-107-91-87(105)84(102)89(79(73-96)109-91)112-93-88(106)85(103)90(80(74-97)110-93)111-92-86(104)83(101)82(100)78(72-95)108-92/h15,17,21,23,27,29,60,62,68,70,76-80,82-93,95-98,100-106H,3-14,16,18-20,22,24-26,28,30-59,61,63-67,69,71-75H2,1-2H3,(H,94,99)/b17-15-,23-21-,29-27-,62-60+,70-68+. The SMILES string of the molecule is CCCCCCC/C=C\C/C=C\C/C=C\CCCCCCCCCCCCCCCCCCCCCCCCCCCCC(=O)NC(COC1OC(CO)C(OC2OC(CO)C(OC3OC(CO)C(O)C(O)C3O)C(O)C2O)C(O)C1O)C(O)/C=C/CC/C=C/CCCCCCCCCCCCCCCCCCCCCC. The molecule has 0 aliphatic carbocycles. The van der Waals surface area contributed by atoms with Crippen LogP contribution in [-0.2, 0) is 33.2 Å². The number of carbonyl (C=O) groups excluding carboxylic acids is 1. The van der Waals surface area contributed by atoms with Crippen molar-refractivity contribution in [2.75, 3.05) is 26.4 Å². The van der Waals surface area contributed by atoms with Gasteiger partial charge in [-0.1, -0.05) is 376 Å². The number of aliphatic hydroxyl groups excluding tert-OH is 11. The molecule has 3 aliphatic rings. The van der Waals surface area contributed by atoms with Crippen molar-refractivity contribution in [1.82, 2.24) is 5.32 Å². The van der Waals surface area contributed by atoms with Crippen molar-refractivity contribution in [1.29, 1.82) is 0 Å². The Hall–Kier alpha value is -2.51. The normalized spacial score (nSPS) is 25.2. The van der Waals surface area contributed by atoms with E-state index in [2.05, 4.69) is 67.8 Å². The fraction of sp³-hybridized carbons (Fsp3) is 0.882. The maximum Gasteiger partial charge on any atom is 0.220 e. The fourth-order valence-corrected chi connectivity index (χ4v) is 15.6. The quantitative estimate of drug-likeness (QED) is 0.0199. The highest BCUT2D eigenvalue weighted by Gasteiger charge is 2.54. The summed E-state index contributed by atoms with van der Waals surface area (Å²) in [7, 11) is 0. The van der Waals surface area contributed by atoms with Crippen LogP contribution >= 0.6 is 0 Å². The van der Waals surface area contributed by atoms with Gasteiger partial charge in [0.05, 0.1) is 38.6 Å². The lowest BCUT2D eigenvalue weighted by Crippen LogP contribution is -2.66. The molecule has 0 bridgehead atoms. The van der Waals surface area contributed by atoms with Crippen molar-refractivity contribution in [3.8, 4) is 0 Å². The smallest absolute Gasteiger partial charge is 0.220 e. The maximum absolute atomic E-state index is 13.5. The Morgan fingerprint density at radius 2 is 0.598 bits per heavy atom. The minimum absolute atomic E-state index is 0.239. The van der Waals surface area contributed by atoms with E-state index in [1.165, 1.54) is 308 Å². The highest BCUT2D eigenvalue weighted by atomic mass is 16.8. The largest absolute Gasteiger partial charge is 0.394 e. The van der Waals surface area contributed by atoms with Crippen molar-refractivity contribution in [3.63, 3.8) is 0 Å². The molecular formula is C93H171NO18. The van der Waals surface area contributed by atoms with Crippen molar-refractivity contribution in [2.45, 2.75) is 497 Å². The van der Waals surface area contributed by atoms with Crippen LogP contribution in [0.3, 0.4) is 0 Å². The van der Waals surface area contributed by atoms with Crippen LogP contribution < -0.4 is 5.32 Å². The van der Waals surface area contributed by atoms with E-state index in [0.717, 1.165) is 51.4 Å². The van der Waals surface area contributed by atoms with Gasteiger partial charge in [0.1, 0.15) is 73.2 Å². The number of hydrogen-bond donors (Lipinski definition) is 12. The second-order valence-corrected chi connectivity index (χ2v) is 33.1. The summed E-state index contributed by atoms with van der Waals surface area (Å²) in [5, 5.41) is 121. The summed E-state index contributed by atoms with van der Waals surface area (Å²) in [5.41, 5.74) is 0. The zero-order chi connectivity index (χ0) is 81.0. The van der Waals surface area contributed by atoms with Crippen LogP contribution in [-0.4, -0.2) is 193 Å². The van der Waals surface area contributed by atoms with Gasteiger partial charge in [0, 0.05) is 6.42 Å². The number of ether oxygens (including phenoxy) is 6. The van der Waals surface area contributed by atoms with Crippen molar-refractivity contribution in [3.05, 3.63) is 60.8 Å². The highest BCUT2D eigenvalue weighted by Crippen LogP contribution is 2.34. The van der Waals surface area contributed by atoms with E-state index in [9.17, 15) is 61.0 Å². The van der Waals surface area contributed by atoms with Gasteiger partial charge in [0.2, 0.25) is 5.91 Å². The topological polar surface area (TPSA) is 307 Å². The number of rotatable bonds is 76. The zero-order valence-electron chi connectivity index (χ0n) is 70.9. The summed E-state index contributed by atoms with van der Waals surface area (Å²) in [6.07, 6.45) is 69.6. The third kappa shape index (κ3) is 50.4. The molecule has 3 aliphatic heterocycles. The van der Waals surface area contributed by atoms with Gasteiger partial charge in [0.15, 0.2) is 18.9 Å². The van der Waals surface area contributed by atoms with Crippen LogP contribution in [0.5, 0.6) is 0 Å². The minimum Gasteiger partial charge on any atom is -0.394 e. The summed E-state index contributed by atoms with van der Waals surface area (Å²) >= 11 is 0.